The van der Waals surface area contributed by atoms with E-state index in [1.54, 1.807) is 7.11 Å². The molecule has 0 spiro atoms. The molecule has 1 saturated carbocycles. The number of nitrogens with one attached hydrogen (secondary N) is 2. The van der Waals surface area contributed by atoms with Crippen LogP contribution in [0.25, 0.3) is 0 Å². The van der Waals surface area contributed by atoms with Crippen molar-refractivity contribution < 1.29 is 9.53 Å². The largest absolute Gasteiger partial charge is 0.497 e. The number of ether oxygens (including phenoxy) is 1. The van der Waals surface area contributed by atoms with E-state index in [0.29, 0.717) is 5.92 Å². The average Bonchev–Trinajstić information content (AvgIpc) is 2.87. The number of nitrogens with zero attached hydrogens (tertiary/aromatic N) is 1. The zero-order chi connectivity index (χ0) is 14.7. The van der Waals surface area contributed by atoms with E-state index >= 15 is 0 Å². The van der Waals surface area contributed by atoms with Crippen LogP contribution in [0.5, 0.6) is 5.75 Å². The van der Waals surface area contributed by atoms with Crippen molar-refractivity contribution in [2.24, 2.45) is 16.9 Å². The highest BCUT2D eigenvalue weighted by Crippen LogP contribution is 2.40. The number of carbonyl (C=O) groups is 1. The Bertz CT molecular complexity index is 578. The van der Waals surface area contributed by atoms with Crippen LogP contribution in [0.2, 0.25) is 0 Å². The van der Waals surface area contributed by atoms with Gasteiger partial charge in [-0.05, 0) is 43.0 Å². The monoisotopic (exact) mass is 285 g/mol. The molecule has 0 heterocycles. The number of amides is 1. The van der Waals surface area contributed by atoms with Crippen molar-refractivity contribution in [3.63, 3.8) is 0 Å². The van der Waals surface area contributed by atoms with Crippen LogP contribution in [-0.4, -0.2) is 25.3 Å². The van der Waals surface area contributed by atoms with Gasteiger partial charge in [0.25, 0.3) is 5.91 Å². The third-order valence-electron chi connectivity index (χ3n) is 4.01. The normalized spacial score (nSPS) is 24.3. The van der Waals surface area contributed by atoms with Crippen LogP contribution in [-0.2, 0) is 4.79 Å². The van der Waals surface area contributed by atoms with Gasteiger partial charge < -0.3 is 10.1 Å². The highest BCUT2D eigenvalue weighted by atomic mass is 16.5. The van der Waals surface area contributed by atoms with E-state index in [2.05, 4.69) is 28.0 Å². The first-order chi connectivity index (χ1) is 10.3. The molecule has 1 aromatic rings. The molecule has 0 aliphatic heterocycles. The number of hydrogen-bond donors (Lipinski definition) is 2. The van der Waals surface area contributed by atoms with Crippen LogP contribution < -0.4 is 15.5 Å². The maximum Gasteiger partial charge on any atom is 0.259 e. The molecular weight excluding hydrogens is 266 g/mol. The molecule has 1 aromatic carbocycles. The molecule has 0 radical (unpaired) electrons. The van der Waals surface area contributed by atoms with Crippen molar-refractivity contribution in [3.05, 3.63) is 36.4 Å². The Labute approximate surface area is 124 Å². The lowest BCUT2D eigenvalue weighted by Crippen LogP contribution is -2.36. The van der Waals surface area contributed by atoms with E-state index in [-0.39, 0.29) is 12.5 Å². The Balaban J connectivity index is 1.44. The Morgan fingerprint density at radius 2 is 2.19 bits per heavy atom. The summed E-state index contributed by atoms with van der Waals surface area (Å²) in [5.41, 5.74) is 4.58. The quantitative estimate of drug-likeness (QED) is 0.644. The molecule has 21 heavy (non-hydrogen) atoms. The second-order valence-corrected chi connectivity index (χ2v) is 5.37. The zero-order valence-corrected chi connectivity index (χ0v) is 12.0. The molecule has 0 saturated heterocycles. The summed E-state index contributed by atoms with van der Waals surface area (Å²) in [6.07, 6.45) is 6.54. The second-order valence-electron chi connectivity index (χ2n) is 5.37. The topological polar surface area (TPSA) is 62.7 Å². The van der Waals surface area contributed by atoms with Gasteiger partial charge in [0.05, 0.1) is 13.7 Å². The van der Waals surface area contributed by atoms with Gasteiger partial charge in [-0.15, -0.1) is 0 Å². The van der Waals surface area contributed by atoms with Crippen LogP contribution in [0, 0.1) is 11.8 Å². The smallest absolute Gasteiger partial charge is 0.259 e. The van der Waals surface area contributed by atoms with Gasteiger partial charge in [0, 0.05) is 17.3 Å². The number of anilines is 1. The number of fused-ring (bicyclic) bond motifs is 1. The third-order valence-corrected chi connectivity index (χ3v) is 4.01. The lowest BCUT2D eigenvalue weighted by Gasteiger charge is -2.31. The first-order valence-corrected chi connectivity index (χ1v) is 7.16. The minimum absolute atomic E-state index is 0.135. The van der Waals surface area contributed by atoms with Crippen LogP contribution in [0.3, 0.4) is 0 Å². The molecule has 1 fully saturated rings. The Morgan fingerprint density at radius 1 is 1.38 bits per heavy atom. The molecule has 2 atom stereocenters. The van der Waals surface area contributed by atoms with Gasteiger partial charge in [-0.1, -0.05) is 12.2 Å². The minimum atomic E-state index is -0.135. The maximum atomic E-state index is 11.8. The average molecular weight is 285 g/mol. The molecule has 2 aliphatic carbocycles. The predicted molar refractivity (Wildman–Crippen MR) is 82.4 cm³/mol. The number of rotatable bonds is 5. The van der Waals surface area contributed by atoms with E-state index in [1.807, 2.05) is 24.3 Å². The Morgan fingerprint density at radius 3 is 2.90 bits per heavy atom. The molecule has 3 rings (SSSR count). The molecule has 0 aromatic heterocycles. The third kappa shape index (κ3) is 3.07. The molecule has 1 amide bonds. The summed E-state index contributed by atoms with van der Waals surface area (Å²) >= 11 is 0. The first-order valence-electron chi connectivity index (χ1n) is 7.16. The van der Waals surface area contributed by atoms with E-state index < -0.39 is 0 Å². The second kappa shape index (κ2) is 5.99. The molecule has 2 aliphatic rings. The Hall–Kier alpha value is -2.30. The van der Waals surface area contributed by atoms with Crippen molar-refractivity contribution in [2.75, 3.05) is 19.0 Å². The summed E-state index contributed by atoms with van der Waals surface area (Å²) in [6, 6.07) is 7.44. The molecule has 110 valence electrons. The number of hydrogen-bond acceptors (Lipinski definition) is 4. The molecule has 2 N–H and O–H groups in total. The molecule has 0 bridgehead atoms. The Kier molecular flexibility index (Phi) is 3.90. The summed E-state index contributed by atoms with van der Waals surface area (Å²) in [5.74, 6) is 1.84. The number of hydrazone groups is 1. The predicted octanol–water partition coefficient (Wildman–Crippen LogP) is 2.18. The van der Waals surface area contributed by atoms with Crippen molar-refractivity contribution in [2.45, 2.75) is 12.8 Å². The van der Waals surface area contributed by atoms with Gasteiger partial charge in [0.15, 0.2) is 0 Å². The number of carbonyl (C=O) groups excluding carboxylic acids is 1. The van der Waals surface area contributed by atoms with E-state index in [1.165, 1.54) is 0 Å². The summed E-state index contributed by atoms with van der Waals surface area (Å²) in [7, 11) is 1.62. The molecular formula is C16H19N3O2. The van der Waals surface area contributed by atoms with Crippen molar-refractivity contribution >= 4 is 17.3 Å². The fourth-order valence-corrected chi connectivity index (χ4v) is 2.73. The van der Waals surface area contributed by atoms with Gasteiger partial charge in [-0.3, -0.25) is 4.79 Å². The first kappa shape index (κ1) is 13.7. The van der Waals surface area contributed by atoms with Crippen molar-refractivity contribution in [1.29, 1.82) is 0 Å². The number of allylic oxidation sites excluding steroid dienone is 2. The fraction of sp³-hybridized carbons (Fsp3) is 0.375. The van der Waals surface area contributed by atoms with Gasteiger partial charge in [0.1, 0.15) is 5.75 Å². The van der Waals surface area contributed by atoms with Crippen molar-refractivity contribution in [3.8, 4) is 5.75 Å². The van der Waals surface area contributed by atoms with E-state index in [9.17, 15) is 4.79 Å². The molecule has 5 heteroatoms. The maximum absolute atomic E-state index is 11.8. The van der Waals surface area contributed by atoms with Crippen LogP contribution in [0.4, 0.5) is 5.69 Å². The molecule has 2 unspecified atom stereocenters. The summed E-state index contributed by atoms with van der Waals surface area (Å²) < 4.78 is 5.08. The van der Waals surface area contributed by atoms with E-state index in [0.717, 1.165) is 35.9 Å². The summed E-state index contributed by atoms with van der Waals surface area (Å²) in [4.78, 5) is 11.8. The van der Waals surface area contributed by atoms with Gasteiger partial charge >= 0.3 is 0 Å². The van der Waals surface area contributed by atoms with Crippen molar-refractivity contribution in [1.82, 2.24) is 5.43 Å². The lowest BCUT2D eigenvalue weighted by atomic mass is 9.74. The highest BCUT2D eigenvalue weighted by Gasteiger charge is 2.37. The summed E-state index contributed by atoms with van der Waals surface area (Å²) in [5, 5.41) is 7.27. The summed E-state index contributed by atoms with van der Waals surface area (Å²) in [6.45, 7) is 0.201. The lowest BCUT2D eigenvalue weighted by molar-refractivity contribution is -0.119. The highest BCUT2D eigenvalue weighted by molar-refractivity contribution is 5.95. The van der Waals surface area contributed by atoms with Crippen LogP contribution >= 0.6 is 0 Å². The fourth-order valence-electron chi connectivity index (χ4n) is 2.73. The van der Waals surface area contributed by atoms with Crippen LogP contribution in [0.1, 0.15) is 12.8 Å². The van der Waals surface area contributed by atoms with Crippen LogP contribution in [0.15, 0.2) is 41.5 Å². The number of benzene rings is 1. The SMILES string of the molecule is COc1ccc(NCC(=O)N/N=C2/CC3CC=CC23)cc1. The van der Waals surface area contributed by atoms with Gasteiger partial charge in [0.2, 0.25) is 0 Å². The standard InChI is InChI=1S/C16H19N3O2/c1-21-13-7-5-12(6-8-13)17-10-16(20)19-18-15-9-11-3-2-4-14(11)15/h2,4-8,11,14,17H,3,9-10H2,1H3,(H,19,20)/b18-15-. The van der Waals surface area contributed by atoms with E-state index in [4.69, 9.17) is 4.74 Å². The number of methoxy groups -OCH3 is 1. The minimum Gasteiger partial charge on any atom is -0.497 e. The van der Waals surface area contributed by atoms with Gasteiger partial charge in [-0.25, -0.2) is 5.43 Å². The molecule has 5 nitrogen and oxygen atoms in total. The van der Waals surface area contributed by atoms with Gasteiger partial charge in [-0.2, -0.15) is 5.10 Å². The zero-order valence-electron chi connectivity index (χ0n) is 12.0.